The lowest BCUT2D eigenvalue weighted by Gasteiger charge is -2.09. The summed E-state index contributed by atoms with van der Waals surface area (Å²) in [5, 5.41) is 4.33. The van der Waals surface area contributed by atoms with Gasteiger partial charge in [-0.1, -0.05) is 0 Å². The van der Waals surface area contributed by atoms with Crippen LogP contribution in [0.25, 0.3) is 27.8 Å². The third-order valence-corrected chi connectivity index (χ3v) is 5.57. The molecule has 0 N–H and O–H groups in total. The number of hydrogen-bond donors (Lipinski definition) is 0. The molecule has 148 valence electrons. The molecule has 0 unspecified atom stereocenters. The molecule has 0 amide bonds. The summed E-state index contributed by atoms with van der Waals surface area (Å²) in [4.78, 5) is 13.6. The van der Waals surface area contributed by atoms with Crippen molar-refractivity contribution < 1.29 is 9.47 Å². The molecule has 0 saturated heterocycles. The van der Waals surface area contributed by atoms with Crippen LogP contribution in [-0.2, 0) is 4.74 Å². The van der Waals surface area contributed by atoms with E-state index in [-0.39, 0.29) is 0 Å². The van der Waals surface area contributed by atoms with Crippen molar-refractivity contribution >= 4 is 16.7 Å². The first-order chi connectivity index (χ1) is 14.3. The fraction of sp³-hybridized carbons (Fsp3) is 0.429. The minimum absolute atomic E-state index is 0.422. The van der Waals surface area contributed by atoms with Gasteiger partial charge >= 0.3 is 0 Å². The predicted molar refractivity (Wildman–Crippen MR) is 107 cm³/mol. The molecule has 29 heavy (non-hydrogen) atoms. The first-order valence-corrected chi connectivity index (χ1v) is 10.2. The highest BCUT2D eigenvalue weighted by molar-refractivity contribution is 5.88. The fourth-order valence-electron chi connectivity index (χ4n) is 3.88. The summed E-state index contributed by atoms with van der Waals surface area (Å²) in [6, 6.07) is 4.75. The molecular formula is C21H22N6O2. The fourth-order valence-corrected chi connectivity index (χ4v) is 3.88. The predicted octanol–water partition coefficient (Wildman–Crippen LogP) is 3.34. The molecule has 2 aliphatic rings. The number of aryl methyl sites for hydroxylation is 1. The number of pyridine rings is 1. The van der Waals surface area contributed by atoms with E-state index in [9.17, 15) is 0 Å². The molecule has 8 nitrogen and oxygen atoms in total. The van der Waals surface area contributed by atoms with Gasteiger partial charge in [-0.15, -0.1) is 0 Å². The number of rotatable bonds is 7. The normalized spacial score (nSPS) is 16.7. The lowest BCUT2D eigenvalue weighted by Crippen LogP contribution is -2.09. The van der Waals surface area contributed by atoms with Crippen LogP contribution < -0.4 is 4.74 Å². The van der Waals surface area contributed by atoms with Gasteiger partial charge in [-0.3, -0.25) is 0 Å². The molecular weight excluding hydrogens is 368 g/mol. The van der Waals surface area contributed by atoms with E-state index in [1.54, 1.807) is 4.52 Å². The average molecular weight is 390 g/mol. The van der Waals surface area contributed by atoms with E-state index in [4.69, 9.17) is 9.47 Å². The van der Waals surface area contributed by atoms with Gasteiger partial charge in [0.05, 0.1) is 18.2 Å². The van der Waals surface area contributed by atoms with Gasteiger partial charge in [-0.2, -0.15) is 10.1 Å². The van der Waals surface area contributed by atoms with Crippen molar-refractivity contribution in [1.82, 2.24) is 29.1 Å². The Morgan fingerprint density at radius 3 is 2.86 bits per heavy atom. The molecule has 4 aromatic rings. The van der Waals surface area contributed by atoms with Crippen LogP contribution in [0, 0.1) is 6.92 Å². The quantitative estimate of drug-likeness (QED) is 0.450. The molecule has 2 saturated carbocycles. The Morgan fingerprint density at radius 2 is 2.03 bits per heavy atom. The summed E-state index contributed by atoms with van der Waals surface area (Å²) in [5.74, 6) is 1.59. The number of fused-ring (bicyclic) bond motifs is 2. The van der Waals surface area contributed by atoms with Gasteiger partial charge in [0.2, 0.25) is 5.88 Å². The first-order valence-electron chi connectivity index (χ1n) is 10.2. The van der Waals surface area contributed by atoms with Crippen molar-refractivity contribution in [3.05, 3.63) is 36.7 Å². The van der Waals surface area contributed by atoms with E-state index in [0.29, 0.717) is 31.2 Å². The molecule has 2 fully saturated rings. The summed E-state index contributed by atoms with van der Waals surface area (Å²) >= 11 is 0. The molecule has 0 radical (unpaired) electrons. The number of hydrogen-bond acceptors (Lipinski definition) is 6. The van der Waals surface area contributed by atoms with Gasteiger partial charge in [0.25, 0.3) is 0 Å². The zero-order valence-electron chi connectivity index (χ0n) is 16.3. The van der Waals surface area contributed by atoms with Crippen molar-refractivity contribution in [3.63, 3.8) is 0 Å². The second-order valence-electron chi connectivity index (χ2n) is 7.83. The Labute approximate surface area is 167 Å². The van der Waals surface area contributed by atoms with Crippen molar-refractivity contribution in [2.75, 3.05) is 13.2 Å². The summed E-state index contributed by atoms with van der Waals surface area (Å²) in [5.41, 5.74) is 4.73. The third-order valence-electron chi connectivity index (χ3n) is 5.57. The maximum absolute atomic E-state index is 5.95. The summed E-state index contributed by atoms with van der Waals surface area (Å²) in [6.45, 7) is 3.10. The minimum atomic E-state index is 0.422. The van der Waals surface area contributed by atoms with Gasteiger partial charge < -0.3 is 14.0 Å². The highest BCUT2D eigenvalue weighted by Crippen LogP contribution is 2.39. The molecule has 6 rings (SSSR count). The first kappa shape index (κ1) is 16.9. The Balaban J connectivity index is 1.38. The van der Waals surface area contributed by atoms with Gasteiger partial charge in [0.15, 0.2) is 5.65 Å². The second kappa shape index (κ2) is 6.52. The van der Waals surface area contributed by atoms with Gasteiger partial charge in [0, 0.05) is 29.6 Å². The molecule has 0 aliphatic heterocycles. The zero-order chi connectivity index (χ0) is 19.4. The van der Waals surface area contributed by atoms with Crippen molar-refractivity contribution in [2.45, 2.75) is 44.8 Å². The van der Waals surface area contributed by atoms with Crippen LogP contribution in [0.1, 0.15) is 37.5 Å². The molecule has 0 bridgehead atoms. The van der Waals surface area contributed by atoms with Crippen LogP contribution >= 0.6 is 0 Å². The Kier molecular flexibility index (Phi) is 3.80. The summed E-state index contributed by atoms with van der Waals surface area (Å²) in [7, 11) is 0. The van der Waals surface area contributed by atoms with E-state index < -0.39 is 0 Å². The van der Waals surface area contributed by atoms with Gasteiger partial charge in [0.1, 0.15) is 24.3 Å². The van der Waals surface area contributed by atoms with Crippen LogP contribution in [0.2, 0.25) is 0 Å². The molecule has 4 aromatic heterocycles. The van der Waals surface area contributed by atoms with Crippen LogP contribution in [0.4, 0.5) is 0 Å². The standard InChI is InChI=1S/C21H22N6O2/c1-13-25-20-18(27(13)15-2-3-15)10-14(11-22-20)17-6-7-26-19(17)21(23-12-24-26)29-9-8-28-16-4-5-16/h6-7,10-12,15-16H,2-5,8-9H2,1H3. The Morgan fingerprint density at radius 1 is 1.14 bits per heavy atom. The molecule has 0 aromatic carbocycles. The van der Waals surface area contributed by atoms with E-state index in [1.165, 1.54) is 19.2 Å². The highest BCUT2D eigenvalue weighted by atomic mass is 16.5. The molecule has 8 heteroatoms. The average Bonchev–Trinajstić information content (AvgIpc) is 3.65. The smallest absolute Gasteiger partial charge is 0.242 e. The van der Waals surface area contributed by atoms with Gasteiger partial charge in [-0.25, -0.2) is 14.5 Å². The highest BCUT2D eigenvalue weighted by Gasteiger charge is 2.27. The zero-order valence-corrected chi connectivity index (χ0v) is 16.3. The monoisotopic (exact) mass is 390 g/mol. The van der Waals surface area contributed by atoms with Crippen molar-refractivity contribution in [2.24, 2.45) is 0 Å². The van der Waals surface area contributed by atoms with Crippen LogP contribution in [0.15, 0.2) is 30.9 Å². The second-order valence-corrected chi connectivity index (χ2v) is 7.83. The van der Waals surface area contributed by atoms with E-state index in [0.717, 1.165) is 46.5 Å². The van der Waals surface area contributed by atoms with E-state index in [2.05, 4.69) is 37.6 Å². The van der Waals surface area contributed by atoms with Gasteiger partial charge in [-0.05, 0) is 44.7 Å². The topological polar surface area (TPSA) is 79.4 Å². The number of ether oxygens (including phenoxy) is 2. The Bertz CT molecular complexity index is 1200. The number of nitrogens with zero attached hydrogens (tertiary/aromatic N) is 6. The van der Waals surface area contributed by atoms with Crippen LogP contribution in [0.5, 0.6) is 5.88 Å². The lowest BCUT2D eigenvalue weighted by molar-refractivity contribution is 0.0870. The summed E-state index contributed by atoms with van der Waals surface area (Å²) < 4.78 is 15.7. The number of aromatic nitrogens is 6. The van der Waals surface area contributed by atoms with Crippen molar-refractivity contribution in [1.29, 1.82) is 0 Å². The summed E-state index contributed by atoms with van der Waals surface area (Å²) in [6.07, 6.45) is 10.5. The number of imidazole rings is 1. The van der Waals surface area contributed by atoms with Crippen LogP contribution in [-0.4, -0.2) is 48.5 Å². The van der Waals surface area contributed by atoms with E-state index in [1.807, 2.05) is 18.5 Å². The van der Waals surface area contributed by atoms with E-state index >= 15 is 0 Å². The maximum Gasteiger partial charge on any atom is 0.242 e. The SMILES string of the molecule is Cc1nc2ncc(-c3ccn4ncnc(OCCOC5CC5)c34)cc2n1C1CC1. The molecule has 0 atom stereocenters. The molecule has 4 heterocycles. The lowest BCUT2D eigenvalue weighted by atomic mass is 10.1. The third kappa shape index (κ3) is 3.04. The van der Waals surface area contributed by atoms with Crippen LogP contribution in [0.3, 0.4) is 0 Å². The minimum Gasteiger partial charge on any atom is -0.474 e. The Hall–Kier alpha value is -3.00. The largest absolute Gasteiger partial charge is 0.474 e. The maximum atomic E-state index is 5.95. The molecule has 2 aliphatic carbocycles. The molecule has 0 spiro atoms. The van der Waals surface area contributed by atoms with Crippen molar-refractivity contribution in [3.8, 4) is 17.0 Å².